The van der Waals surface area contributed by atoms with Crippen molar-refractivity contribution in [3.8, 4) is 0 Å². The molecular weight excluding hydrogens is 396 g/mol. The summed E-state index contributed by atoms with van der Waals surface area (Å²) >= 11 is 5.75. The van der Waals surface area contributed by atoms with Crippen LogP contribution in [0.5, 0.6) is 0 Å². The molecule has 0 aromatic heterocycles. The topological polar surface area (TPSA) is 66.9 Å². The molecule has 0 unspecified atom stereocenters. The van der Waals surface area contributed by atoms with E-state index in [1.165, 1.54) is 0 Å². The van der Waals surface area contributed by atoms with Crippen LogP contribution in [0.15, 0.2) is 54.6 Å². The maximum atomic E-state index is 12.4. The second kappa shape index (κ2) is 7.18. The second-order valence-corrected chi connectivity index (χ2v) is 9.36. The van der Waals surface area contributed by atoms with Crippen LogP contribution in [-0.4, -0.2) is 49.7 Å². The van der Waals surface area contributed by atoms with E-state index >= 15 is 0 Å². The first kappa shape index (κ1) is 18.9. The number of fused-ring (bicyclic) bond motifs is 1. The molecule has 0 spiro atoms. The number of esters is 1. The molecule has 2 aromatic rings. The molecule has 28 heavy (non-hydrogen) atoms. The van der Waals surface area contributed by atoms with E-state index in [1.54, 1.807) is 31.2 Å². The molecule has 8 heteroatoms. The molecule has 2 aliphatic heterocycles. The Morgan fingerprint density at radius 1 is 1.00 bits per heavy atom. The highest BCUT2D eigenvalue weighted by molar-refractivity contribution is 7.91. The van der Waals surface area contributed by atoms with E-state index in [4.69, 9.17) is 17.0 Å². The third kappa shape index (κ3) is 3.27. The van der Waals surface area contributed by atoms with Crippen LogP contribution < -0.4 is 9.80 Å². The smallest absolute Gasteiger partial charge is 0.338 e. The largest absolute Gasteiger partial charge is 0.462 e. The minimum atomic E-state index is -3.16. The third-order valence-electron chi connectivity index (χ3n) is 5.06. The number of hydrogen-bond acceptors (Lipinski definition) is 5. The monoisotopic (exact) mass is 416 g/mol. The Kier molecular flexibility index (Phi) is 4.84. The van der Waals surface area contributed by atoms with E-state index in [-0.39, 0.29) is 29.6 Å². The summed E-state index contributed by atoms with van der Waals surface area (Å²) < 4.78 is 29.7. The predicted octanol–water partition coefficient (Wildman–Crippen LogP) is 2.64. The molecule has 2 atom stereocenters. The number of carbonyl (C=O) groups is 1. The Bertz CT molecular complexity index is 1010. The molecular formula is C20H20N2O4S2. The van der Waals surface area contributed by atoms with Crippen LogP contribution >= 0.6 is 12.2 Å². The molecule has 2 aromatic carbocycles. The third-order valence-corrected chi connectivity index (χ3v) is 7.15. The van der Waals surface area contributed by atoms with Crippen LogP contribution in [-0.2, 0) is 14.6 Å². The first-order valence-corrected chi connectivity index (χ1v) is 11.3. The van der Waals surface area contributed by atoms with Crippen molar-refractivity contribution in [3.05, 3.63) is 60.2 Å². The molecule has 2 aliphatic rings. The lowest BCUT2D eigenvalue weighted by Gasteiger charge is -2.25. The number of ether oxygens (including phenoxy) is 1. The number of nitrogens with zero attached hydrogens (tertiary/aromatic N) is 2. The molecule has 0 aliphatic carbocycles. The zero-order chi connectivity index (χ0) is 19.9. The van der Waals surface area contributed by atoms with E-state index < -0.39 is 9.84 Å². The fourth-order valence-corrected chi connectivity index (χ4v) is 6.27. The van der Waals surface area contributed by atoms with Gasteiger partial charge in [0.1, 0.15) is 0 Å². The van der Waals surface area contributed by atoms with Crippen LogP contribution in [0.4, 0.5) is 11.4 Å². The predicted molar refractivity (Wildman–Crippen MR) is 113 cm³/mol. The molecule has 4 rings (SSSR count). The normalized spacial score (nSPS) is 23.0. The van der Waals surface area contributed by atoms with Gasteiger partial charge in [-0.15, -0.1) is 0 Å². The first-order chi connectivity index (χ1) is 13.4. The highest BCUT2D eigenvalue weighted by Gasteiger charge is 2.52. The van der Waals surface area contributed by atoms with Crippen LogP contribution in [0.25, 0.3) is 0 Å². The molecule has 6 nitrogen and oxygen atoms in total. The Labute approximate surface area is 169 Å². The average Bonchev–Trinajstić information content (AvgIpc) is 3.11. The Morgan fingerprint density at radius 3 is 2.07 bits per heavy atom. The molecule has 2 heterocycles. The summed E-state index contributed by atoms with van der Waals surface area (Å²) in [6.45, 7) is 2.07. The molecule has 0 N–H and O–H groups in total. The van der Waals surface area contributed by atoms with Crippen molar-refractivity contribution < 1.29 is 17.9 Å². The maximum absolute atomic E-state index is 12.4. The van der Waals surface area contributed by atoms with E-state index in [0.29, 0.717) is 17.3 Å². The van der Waals surface area contributed by atoms with E-state index in [0.717, 1.165) is 11.4 Å². The summed E-state index contributed by atoms with van der Waals surface area (Å²) in [7, 11) is -3.16. The molecule has 0 amide bonds. The molecule has 2 saturated heterocycles. The number of sulfone groups is 1. The number of rotatable bonds is 4. The van der Waals surface area contributed by atoms with Gasteiger partial charge in [-0.3, -0.25) is 0 Å². The molecule has 146 valence electrons. The highest BCUT2D eigenvalue weighted by atomic mass is 32.2. The number of anilines is 2. The number of para-hydroxylation sites is 1. The Morgan fingerprint density at radius 2 is 1.54 bits per heavy atom. The van der Waals surface area contributed by atoms with Gasteiger partial charge in [0.2, 0.25) is 0 Å². The van der Waals surface area contributed by atoms with Gasteiger partial charge >= 0.3 is 5.97 Å². The summed E-state index contributed by atoms with van der Waals surface area (Å²) in [4.78, 5) is 15.7. The van der Waals surface area contributed by atoms with Gasteiger partial charge in [-0.2, -0.15) is 0 Å². The van der Waals surface area contributed by atoms with E-state index in [9.17, 15) is 13.2 Å². The van der Waals surface area contributed by atoms with Crippen molar-refractivity contribution in [2.75, 3.05) is 27.9 Å². The molecule has 0 bridgehead atoms. The van der Waals surface area contributed by atoms with Crippen molar-refractivity contribution in [3.63, 3.8) is 0 Å². The van der Waals surface area contributed by atoms with Crippen LogP contribution in [0, 0.1) is 0 Å². The average molecular weight is 417 g/mol. The number of hydrogen-bond donors (Lipinski definition) is 0. The quantitative estimate of drug-likeness (QED) is 0.561. The fraction of sp³-hybridized carbons (Fsp3) is 0.300. The zero-order valence-electron chi connectivity index (χ0n) is 15.3. The standard InChI is InChI=1S/C20H20N2O4S2/c1-2-26-19(23)14-8-10-16(11-9-14)22-18-13-28(24,25)12-17(18)21(20(22)27)15-6-4-3-5-7-15/h3-11,17-18H,2,12-13H2,1H3/t17-,18-/m1/s1. The van der Waals surface area contributed by atoms with Gasteiger partial charge in [0, 0.05) is 11.4 Å². The number of carbonyl (C=O) groups excluding carboxylic acids is 1. The minimum absolute atomic E-state index is 0.0563. The summed E-state index contributed by atoms with van der Waals surface area (Å²) in [5.74, 6) is -0.254. The highest BCUT2D eigenvalue weighted by Crippen LogP contribution is 2.38. The molecule has 2 fully saturated rings. The second-order valence-electron chi connectivity index (χ2n) is 6.84. The van der Waals surface area contributed by atoms with Gasteiger partial charge < -0.3 is 14.5 Å². The van der Waals surface area contributed by atoms with Gasteiger partial charge in [0.05, 0.1) is 35.8 Å². The summed E-state index contributed by atoms with van der Waals surface area (Å²) in [5, 5.41) is 0.569. The van der Waals surface area contributed by atoms with Crippen molar-refractivity contribution in [2.24, 2.45) is 0 Å². The number of benzene rings is 2. The lowest BCUT2D eigenvalue weighted by molar-refractivity contribution is 0.0526. The van der Waals surface area contributed by atoms with E-state index in [1.807, 2.05) is 40.1 Å². The lowest BCUT2D eigenvalue weighted by Crippen LogP contribution is -2.37. The zero-order valence-corrected chi connectivity index (χ0v) is 16.9. The van der Waals surface area contributed by atoms with Gasteiger partial charge in [-0.05, 0) is 55.5 Å². The SMILES string of the molecule is CCOC(=O)c1ccc(N2C(=S)N(c3ccccc3)[C@@H]3CS(=O)(=O)C[C@H]32)cc1. The lowest BCUT2D eigenvalue weighted by atomic mass is 10.1. The van der Waals surface area contributed by atoms with Crippen LogP contribution in [0.3, 0.4) is 0 Å². The van der Waals surface area contributed by atoms with Gasteiger partial charge in [0.15, 0.2) is 14.9 Å². The van der Waals surface area contributed by atoms with Gasteiger partial charge in [0.25, 0.3) is 0 Å². The Hall–Kier alpha value is -2.45. The van der Waals surface area contributed by atoms with Gasteiger partial charge in [-0.1, -0.05) is 18.2 Å². The van der Waals surface area contributed by atoms with Crippen molar-refractivity contribution in [1.82, 2.24) is 0 Å². The van der Waals surface area contributed by atoms with Crippen molar-refractivity contribution >= 4 is 44.5 Å². The van der Waals surface area contributed by atoms with Crippen LogP contribution in [0.1, 0.15) is 17.3 Å². The van der Waals surface area contributed by atoms with Crippen molar-refractivity contribution in [2.45, 2.75) is 19.0 Å². The molecule has 0 saturated carbocycles. The first-order valence-electron chi connectivity index (χ1n) is 9.06. The summed E-state index contributed by atoms with van der Waals surface area (Å²) in [6.07, 6.45) is 0. The summed E-state index contributed by atoms with van der Waals surface area (Å²) in [6, 6.07) is 16.0. The van der Waals surface area contributed by atoms with E-state index in [2.05, 4.69) is 0 Å². The molecule has 0 radical (unpaired) electrons. The van der Waals surface area contributed by atoms with Gasteiger partial charge in [-0.25, -0.2) is 13.2 Å². The Balaban J connectivity index is 1.70. The fourth-order valence-electron chi connectivity index (χ4n) is 3.87. The van der Waals surface area contributed by atoms with Crippen molar-refractivity contribution in [1.29, 1.82) is 0 Å². The minimum Gasteiger partial charge on any atom is -0.462 e. The summed E-state index contributed by atoms with van der Waals surface area (Å²) in [5.41, 5.74) is 2.10. The maximum Gasteiger partial charge on any atom is 0.338 e. The van der Waals surface area contributed by atoms with Crippen LogP contribution in [0.2, 0.25) is 0 Å². The number of thiocarbonyl (C=S) groups is 1.